The van der Waals surface area contributed by atoms with Gasteiger partial charge in [0.25, 0.3) is 0 Å². The van der Waals surface area contributed by atoms with Crippen molar-refractivity contribution in [3.63, 3.8) is 0 Å². The van der Waals surface area contributed by atoms with Crippen molar-refractivity contribution in [2.75, 3.05) is 5.32 Å². The Bertz CT molecular complexity index is 1070. The first-order chi connectivity index (χ1) is 12.5. The standard InChI is InChI=1S/C20H14ClN3O2/c21-13-4-1-12(10-22)15(7-13)16-9-17(16)18-6-3-11-2-5-14(23-20(25)26)8-19(11)24-18/h1-8,16-17,23H,9H2,(H,25,26)/t16-,17+/m1/s1. The third kappa shape index (κ3) is 3.07. The lowest BCUT2D eigenvalue weighted by atomic mass is 10.0. The van der Waals surface area contributed by atoms with E-state index in [0.29, 0.717) is 16.3 Å². The predicted molar refractivity (Wildman–Crippen MR) is 99.7 cm³/mol. The van der Waals surface area contributed by atoms with Crippen LogP contribution in [-0.4, -0.2) is 16.2 Å². The highest BCUT2D eigenvalue weighted by atomic mass is 35.5. The highest BCUT2D eigenvalue weighted by Crippen LogP contribution is 2.55. The third-order valence-electron chi connectivity index (χ3n) is 4.67. The highest BCUT2D eigenvalue weighted by Gasteiger charge is 2.41. The number of anilines is 1. The first-order valence-corrected chi connectivity index (χ1v) is 8.53. The molecule has 2 aromatic carbocycles. The number of amides is 1. The molecule has 0 spiro atoms. The second kappa shape index (κ2) is 6.32. The Morgan fingerprint density at radius 2 is 2.00 bits per heavy atom. The molecule has 6 heteroatoms. The molecule has 1 aromatic heterocycles. The zero-order valence-electron chi connectivity index (χ0n) is 13.6. The number of rotatable bonds is 3. The van der Waals surface area contributed by atoms with Crippen molar-refractivity contribution < 1.29 is 9.90 Å². The average Bonchev–Trinajstić information content (AvgIpc) is 3.41. The molecule has 1 heterocycles. The zero-order valence-corrected chi connectivity index (χ0v) is 14.4. The van der Waals surface area contributed by atoms with Crippen molar-refractivity contribution in [2.45, 2.75) is 18.3 Å². The van der Waals surface area contributed by atoms with Crippen LogP contribution in [0.1, 0.15) is 35.1 Å². The maximum atomic E-state index is 10.8. The van der Waals surface area contributed by atoms with E-state index in [4.69, 9.17) is 21.7 Å². The number of nitriles is 1. The summed E-state index contributed by atoms with van der Waals surface area (Å²) in [4.78, 5) is 15.5. The van der Waals surface area contributed by atoms with Crippen LogP contribution in [0.15, 0.2) is 48.5 Å². The smallest absolute Gasteiger partial charge is 0.409 e. The molecule has 1 fully saturated rings. The Morgan fingerprint density at radius 1 is 1.19 bits per heavy atom. The van der Waals surface area contributed by atoms with E-state index in [-0.39, 0.29) is 11.8 Å². The minimum absolute atomic E-state index is 0.230. The third-order valence-corrected chi connectivity index (χ3v) is 4.90. The van der Waals surface area contributed by atoms with Gasteiger partial charge >= 0.3 is 6.09 Å². The summed E-state index contributed by atoms with van der Waals surface area (Å²) in [6.07, 6.45) is -0.187. The largest absolute Gasteiger partial charge is 0.465 e. The molecule has 5 nitrogen and oxygen atoms in total. The lowest BCUT2D eigenvalue weighted by Gasteiger charge is -2.07. The summed E-state index contributed by atoms with van der Waals surface area (Å²) in [7, 11) is 0. The van der Waals surface area contributed by atoms with Gasteiger partial charge in [0.15, 0.2) is 0 Å². The van der Waals surface area contributed by atoms with Crippen LogP contribution in [0.3, 0.4) is 0 Å². The SMILES string of the molecule is N#Cc1ccc(Cl)cc1[C@H]1C[C@@H]1c1ccc2ccc(NC(=O)O)cc2n1. The fourth-order valence-electron chi connectivity index (χ4n) is 3.35. The fraction of sp³-hybridized carbons (Fsp3) is 0.150. The fourth-order valence-corrected chi connectivity index (χ4v) is 3.53. The van der Waals surface area contributed by atoms with Gasteiger partial charge in [-0.05, 0) is 54.3 Å². The molecule has 1 aliphatic rings. The molecule has 4 rings (SSSR count). The molecular weight excluding hydrogens is 350 g/mol. The summed E-state index contributed by atoms with van der Waals surface area (Å²) in [5.74, 6) is 0.467. The Morgan fingerprint density at radius 3 is 2.77 bits per heavy atom. The van der Waals surface area contributed by atoms with E-state index in [0.717, 1.165) is 28.6 Å². The molecule has 0 unspecified atom stereocenters. The normalized spacial score (nSPS) is 18.3. The van der Waals surface area contributed by atoms with Crippen molar-refractivity contribution in [3.8, 4) is 6.07 Å². The number of hydrogen-bond acceptors (Lipinski definition) is 3. The number of pyridine rings is 1. The number of carbonyl (C=O) groups is 1. The highest BCUT2D eigenvalue weighted by molar-refractivity contribution is 6.30. The second-order valence-corrected chi connectivity index (χ2v) is 6.80. The monoisotopic (exact) mass is 363 g/mol. The molecule has 1 aliphatic carbocycles. The lowest BCUT2D eigenvalue weighted by Crippen LogP contribution is -2.06. The Kier molecular flexibility index (Phi) is 3.98. The van der Waals surface area contributed by atoms with Gasteiger partial charge in [-0.25, -0.2) is 4.79 Å². The number of nitrogens with one attached hydrogen (secondary N) is 1. The van der Waals surface area contributed by atoms with E-state index in [1.807, 2.05) is 24.3 Å². The van der Waals surface area contributed by atoms with Crippen molar-refractivity contribution in [1.82, 2.24) is 4.98 Å². The lowest BCUT2D eigenvalue weighted by molar-refractivity contribution is 0.210. The zero-order chi connectivity index (χ0) is 18.3. The maximum absolute atomic E-state index is 10.8. The van der Waals surface area contributed by atoms with Crippen molar-refractivity contribution in [2.24, 2.45) is 0 Å². The number of carboxylic acid groups (broad SMARTS) is 1. The molecule has 26 heavy (non-hydrogen) atoms. The van der Waals surface area contributed by atoms with E-state index in [1.54, 1.807) is 24.3 Å². The van der Waals surface area contributed by atoms with E-state index in [1.165, 1.54) is 0 Å². The summed E-state index contributed by atoms with van der Waals surface area (Å²) in [5.41, 5.74) is 3.79. The number of aromatic nitrogens is 1. The molecular formula is C20H14ClN3O2. The number of halogens is 1. The minimum atomic E-state index is -1.10. The van der Waals surface area contributed by atoms with Gasteiger partial charge in [-0.2, -0.15) is 5.26 Å². The predicted octanol–water partition coefficient (Wildman–Crippen LogP) is 5.12. The Balaban J connectivity index is 1.65. The van der Waals surface area contributed by atoms with Crippen LogP contribution < -0.4 is 5.32 Å². The summed E-state index contributed by atoms with van der Waals surface area (Å²) < 4.78 is 0. The molecule has 3 aromatic rings. The molecule has 128 valence electrons. The first-order valence-electron chi connectivity index (χ1n) is 8.15. The van der Waals surface area contributed by atoms with E-state index in [2.05, 4.69) is 11.4 Å². The van der Waals surface area contributed by atoms with Gasteiger partial charge in [0.1, 0.15) is 0 Å². The van der Waals surface area contributed by atoms with Crippen LogP contribution >= 0.6 is 11.6 Å². The van der Waals surface area contributed by atoms with Crippen LogP contribution in [0.2, 0.25) is 5.02 Å². The van der Waals surface area contributed by atoms with E-state index >= 15 is 0 Å². The molecule has 0 radical (unpaired) electrons. The topological polar surface area (TPSA) is 86.0 Å². The van der Waals surface area contributed by atoms with Crippen LogP contribution in [0.25, 0.3) is 10.9 Å². The molecule has 0 bridgehead atoms. The summed E-state index contributed by atoms with van der Waals surface area (Å²) >= 11 is 6.10. The first kappa shape index (κ1) is 16.4. The quantitative estimate of drug-likeness (QED) is 0.676. The molecule has 2 atom stereocenters. The summed E-state index contributed by atoms with van der Waals surface area (Å²) in [6.45, 7) is 0. The van der Waals surface area contributed by atoms with Crippen molar-refractivity contribution >= 4 is 34.3 Å². The number of fused-ring (bicyclic) bond motifs is 1. The van der Waals surface area contributed by atoms with Crippen LogP contribution in [-0.2, 0) is 0 Å². The van der Waals surface area contributed by atoms with Gasteiger partial charge in [0.05, 0.1) is 17.1 Å². The number of nitrogens with zero attached hydrogens (tertiary/aromatic N) is 2. The maximum Gasteiger partial charge on any atom is 0.409 e. The van der Waals surface area contributed by atoms with Crippen LogP contribution in [0.4, 0.5) is 10.5 Å². The van der Waals surface area contributed by atoms with Crippen LogP contribution in [0.5, 0.6) is 0 Å². The number of hydrogen-bond donors (Lipinski definition) is 2. The minimum Gasteiger partial charge on any atom is -0.465 e. The van der Waals surface area contributed by atoms with Gasteiger partial charge in [0.2, 0.25) is 0 Å². The van der Waals surface area contributed by atoms with Crippen molar-refractivity contribution in [1.29, 1.82) is 5.26 Å². The Hall–Kier alpha value is -3.10. The average molecular weight is 364 g/mol. The van der Waals surface area contributed by atoms with Gasteiger partial charge in [-0.1, -0.05) is 23.7 Å². The molecule has 0 saturated heterocycles. The number of benzene rings is 2. The second-order valence-electron chi connectivity index (χ2n) is 6.37. The van der Waals surface area contributed by atoms with Crippen LogP contribution in [0, 0.1) is 11.3 Å². The summed E-state index contributed by atoms with van der Waals surface area (Å²) in [6, 6.07) is 16.8. The molecule has 1 amide bonds. The van der Waals surface area contributed by atoms with Gasteiger partial charge in [0, 0.05) is 27.7 Å². The Labute approximate surface area is 154 Å². The van der Waals surface area contributed by atoms with Crippen molar-refractivity contribution in [3.05, 3.63) is 70.4 Å². The van der Waals surface area contributed by atoms with Gasteiger partial charge < -0.3 is 5.11 Å². The van der Waals surface area contributed by atoms with E-state index < -0.39 is 6.09 Å². The molecule has 2 N–H and O–H groups in total. The van der Waals surface area contributed by atoms with Gasteiger partial charge in [-0.3, -0.25) is 10.3 Å². The van der Waals surface area contributed by atoms with Gasteiger partial charge in [-0.15, -0.1) is 0 Å². The molecule has 1 saturated carbocycles. The van der Waals surface area contributed by atoms with E-state index in [9.17, 15) is 10.1 Å². The summed E-state index contributed by atoms with van der Waals surface area (Å²) in [5, 5.41) is 22.1. The molecule has 0 aliphatic heterocycles.